The maximum absolute atomic E-state index is 12.9. The lowest BCUT2D eigenvalue weighted by Crippen LogP contribution is -2.33. The van der Waals surface area contributed by atoms with Crippen molar-refractivity contribution in [1.29, 1.82) is 0 Å². The number of hydrogen-bond acceptors (Lipinski definition) is 5. The van der Waals surface area contributed by atoms with Crippen LogP contribution >= 0.6 is 22.7 Å². The highest BCUT2D eigenvalue weighted by Crippen LogP contribution is 2.35. The second kappa shape index (κ2) is 5.57. The SMILES string of the molecule is NCc1sccc1S(=O)(=O)N(Cc1ccsc1)C1CC1. The predicted molar refractivity (Wildman–Crippen MR) is 82.3 cm³/mol. The Balaban J connectivity index is 1.94. The Morgan fingerprint density at radius 3 is 2.70 bits per heavy atom. The molecule has 2 heterocycles. The zero-order chi connectivity index (χ0) is 14.2. The van der Waals surface area contributed by atoms with Crippen molar-refractivity contribution in [2.75, 3.05) is 0 Å². The van der Waals surface area contributed by atoms with Gasteiger partial charge in [-0.3, -0.25) is 0 Å². The monoisotopic (exact) mass is 328 g/mol. The first-order chi connectivity index (χ1) is 9.63. The van der Waals surface area contributed by atoms with E-state index in [1.54, 1.807) is 27.1 Å². The molecule has 108 valence electrons. The summed E-state index contributed by atoms with van der Waals surface area (Å²) in [6.07, 6.45) is 1.90. The molecule has 0 radical (unpaired) electrons. The molecule has 4 nitrogen and oxygen atoms in total. The Morgan fingerprint density at radius 2 is 2.10 bits per heavy atom. The van der Waals surface area contributed by atoms with E-state index in [0.29, 0.717) is 11.4 Å². The fourth-order valence-corrected chi connectivity index (χ4v) is 5.81. The second-order valence-electron chi connectivity index (χ2n) is 4.83. The molecule has 0 aliphatic heterocycles. The van der Waals surface area contributed by atoms with Gasteiger partial charge in [0.2, 0.25) is 10.0 Å². The molecule has 0 aromatic carbocycles. The first kappa shape index (κ1) is 14.2. The highest BCUT2D eigenvalue weighted by molar-refractivity contribution is 7.89. The Kier molecular flexibility index (Phi) is 3.96. The third-order valence-corrected chi connectivity index (χ3v) is 7.14. The lowest BCUT2D eigenvalue weighted by atomic mass is 10.3. The summed E-state index contributed by atoms with van der Waals surface area (Å²) in [5.74, 6) is 0. The first-order valence-corrected chi connectivity index (χ1v) is 9.68. The average molecular weight is 328 g/mol. The van der Waals surface area contributed by atoms with Gasteiger partial charge in [0.15, 0.2) is 0 Å². The van der Waals surface area contributed by atoms with Crippen LogP contribution < -0.4 is 5.73 Å². The highest BCUT2D eigenvalue weighted by atomic mass is 32.2. The normalized spacial score (nSPS) is 15.9. The summed E-state index contributed by atoms with van der Waals surface area (Å²) < 4.78 is 27.4. The largest absolute Gasteiger partial charge is 0.326 e. The van der Waals surface area contributed by atoms with Crippen LogP contribution in [0.4, 0.5) is 0 Å². The molecule has 7 heteroatoms. The van der Waals surface area contributed by atoms with Crippen molar-refractivity contribution in [3.05, 3.63) is 38.7 Å². The molecule has 1 aliphatic rings. The van der Waals surface area contributed by atoms with Crippen molar-refractivity contribution in [1.82, 2.24) is 4.31 Å². The molecule has 2 aromatic rings. The van der Waals surface area contributed by atoms with Crippen LogP contribution in [0.2, 0.25) is 0 Å². The van der Waals surface area contributed by atoms with Gasteiger partial charge in [-0.2, -0.15) is 15.6 Å². The molecule has 2 N–H and O–H groups in total. The minimum Gasteiger partial charge on any atom is -0.326 e. The van der Waals surface area contributed by atoms with E-state index in [9.17, 15) is 8.42 Å². The molecule has 0 saturated heterocycles. The Hall–Kier alpha value is -0.730. The van der Waals surface area contributed by atoms with Crippen LogP contribution in [-0.2, 0) is 23.1 Å². The maximum Gasteiger partial charge on any atom is 0.244 e. The molecule has 1 saturated carbocycles. The van der Waals surface area contributed by atoms with Gasteiger partial charge < -0.3 is 5.73 Å². The van der Waals surface area contributed by atoms with Crippen LogP contribution in [0.1, 0.15) is 23.3 Å². The summed E-state index contributed by atoms with van der Waals surface area (Å²) in [5, 5.41) is 5.77. The third kappa shape index (κ3) is 2.68. The van der Waals surface area contributed by atoms with Gasteiger partial charge in [-0.1, -0.05) is 0 Å². The summed E-state index contributed by atoms with van der Waals surface area (Å²) in [5.41, 5.74) is 6.70. The molecular formula is C13H16N2O2S3. The van der Waals surface area contributed by atoms with Gasteiger partial charge in [0.25, 0.3) is 0 Å². The van der Waals surface area contributed by atoms with Crippen LogP contribution in [-0.4, -0.2) is 18.8 Å². The lowest BCUT2D eigenvalue weighted by molar-refractivity contribution is 0.399. The minimum absolute atomic E-state index is 0.144. The van der Waals surface area contributed by atoms with E-state index in [0.717, 1.165) is 23.3 Å². The van der Waals surface area contributed by atoms with Crippen molar-refractivity contribution in [2.45, 2.75) is 36.9 Å². The lowest BCUT2D eigenvalue weighted by Gasteiger charge is -2.21. The summed E-state index contributed by atoms with van der Waals surface area (Å²) >= 11 is 3.00. The van der Waals surface area contributed by atoms with Crippen molar-refractivity contribution >= 4 is 32.7 Å². The fourth-order valence-electron chi connectivity index (χ4n) is 2.17. The number of nitrogens with two attached hydrogens (primary N) is 1. The summed E-state index contributed by atoms with van der Waals surface area (Å²) in [7, 11) is -3.44. The minimum atomic E-state index is -3.44. The zero-order valence-corrected chi connectivity index (χ0v) is 13.3. The highest BCUT2D eigenvalue weighted by Gasteiger charge is 2.39. The summed E-state index contributed by atoms with van der Waals surface area (Å²) in [6, 6.07) is 3.79. The van der Waals surface area contributed by atoms with Crippen LogP contribution in [0.3, 0.4) is 0 Å². The zero-order valence-electron chi connectivity index (χ0n) is 10.9. The molecule has 3 rings (SSSR count). The standard InChI is InChI=1S/C13H16N2O2S3/c14-7-12-13(4-6-19-12)20(16,17)15(11-1-2-11)8-10-3-5-18-9-10/h3-6,9,11H,1-2,7-8,14H2. The summed E-state index contributed by atoms with van der Waals surface area (Å²) in [4.78, 5) is 1.12. The van der Waals surface area contributed by atoms with Gasteiger partial charge >= 0.3 is 0 Å². The Morgan fingerprint density at radius 1 is 1.30 bits per heavy atom. The van der Waals surface area contributed by atoms with Crippen LogP contribution in [0.5, 0.6) is 0 Å². The Bertz CT molecular complexity index is 672. The van der Waals surface area contributed by atoms with Crippen molar-refractivity contribution < 1.29 is 8.42 Å². The quantitative estimate of drug-likeness (QED) is 0.886. The van der Waals surface area contributed by atoms with Gasteiger partial charge in [-0.05, 0) is 46.7 Å². The van der Waals surface area contributed by atoms with Crippen molar-refractivity contribution in [3.63, 3.8) is 0 Å². The van der Waals surface area contributed by atoms with E-state index < -0.39 is 10.0 Å². The van der Waals surface area contributed by atoms with E-state index in [-0.39, 0.29) is 12.6 Å². The van der Waals surface area contributed by atoms with Gasteiger partial charge in [0.1, 0.15) is 0 Å². The van der Waals surface area contributed by atoms with E-state index >= 15 is 0 Å². The van der Waals surface area contributed by atoms with Gasteiger partial charge in [0.05, 0.1) is 4.90 Å². The molecule has 20 heavy (non-hydrogen) atoms. The van der Waals surface area contributed by atoms with Crippen molar-refractivity contribution in [2.24, 2.45) is 5.73 Å². The number of sulfonamides is 1. The first-order valence-electron chi connectivity index (χ1n) is 6.42. The van der Waals surface area contributed by atoms with Crippen LogP contribution in [0.25, 0.3) is 0 Å². The molecule has 0 amide bonds. The van der Waals surface area contributed by atoms with E-state index in [4.69, 9.17) is 5.73 Å². The molecular weight excluding hydrogens is 312 g/mol. The number of hydrogen-bond donors (Lipinski definition) is 1. The average Bonchev–Trinajstić information content (AvgIpc) is 2.95. The maximum atomic E-state index is 12.9. The number of nitrogens with zero attached hydrogens (tertiary/aromatic N) is 1. The number of rotatable bonds is 6. The topological polar surface area (TPSA) is 63.4 Å². The Labute approximate surface area is 126 Å². The van der Waals surface area contributed by atoms with Crippen LogP contribution in [0.15, 0.2) is 33.2 Å². The van der Waals surface area contributed by atoms with Gasteiger partial charge in [-0.15, -0.1) is 11.3 Å². The molecule has 1 fully saturated rings. The predicted octanol–water partition coefficient (Wildman–Crippen LogP) is 2.62. The second-order valence-corrected chi connectivity index (χ2v) is 8.46. The molecule has 1 aliphatic carbocycles. The third-order valence-electron chi connectivity index (χ3n) is 3.35. The molecule has 2 aromatic heterocycles. The van der Waals surface area contributed by atoms with E-state index in [2.05, 4.69) is 0 Å². The summed E-state index contributed by atoms with van der Waals surface area (Å²) in [6.45, 7) is 0.722. The molecule has 0 unspecified atom stereocenters. The smallest absolute Gasteiger partial charge is 0.244 e. The van der Waals surface area contributed by atoms with E-state index in [1.165, 1.54) is 11.3 Å². The molecule has 0 atom stereocenters. The molecule has 0 spiro atoms. The fraction of sp³-hybridized carbons (Fsp3) is 0.385. The number of thiophene rings is 2. The van der Waals surface area contributed by atoms with Gasteiger partial charge in [-0.25, -0.2) is 8.42 Å². The van der Waals surface area contributed by atoms with Crippen LogP contribution in [0, 0.1) is 0 Å². The van der Waals surface area contributed by atoms with E-state index in [1.807, 2.05) is 16.8 Å². The molecule has 0 bridgehead atoms. The van der Waals surface area contributed by atoms with Gasteiger partial charge in [0, 0.05) is 24.0 Å². The van der Waals surface area contributed by atoms with Crippen molar-refractivity contribution in [3.8, 4) is 0 Å².